The van der Waals surface area contributed by atoms with E-state index in [9.17, 15) is 9.59 Å². The number of para-hydroxylation sites is 1. The van der Waals surface area contributed by atoms with Crippen molar-refractivity contribution < 1.29 is 14.7 Å². The fraction of sp³-hybridized carbons (Fsp3) is 0.167. The predicted molar refractivity (Wildman–Crippen MR) is 63.0 cm³/mol. The number of aromatic nitrogens is 1. The maximum atomic E-state index is 10.9. The fourth-order valence-corrected chi connectivity index (χ4v) is 1.85. The third-order valence-corrected chi connectivity index (χ3v) is 2.71. The first-order valence-corrected chi connectivity index (χ1v) is 5.16. The Balaban J connectivity index is 2.50. The van der Waals surface area contributed by atoms with Crippen LogP contribution in [0.5, 0.6) is 0 Å². The van der Waals surface area contributed by atoms with Crippen molar-refractivity contribution in [1.29, 1.82) is 0 Å². The van der Waals surface area contributed by atoms with Gasteiger partial charge in [0.15, 0.2) is 6.29 Å². The summed E-state index contributed by atoms with van der Waals surface area (Å²) in [7, 11) is 0. The molecule has 1 aromatic carbocycles. The third kappa shape index (κ3) is 2.05. The van der Waals surface area contributed by atoms with Gasteiger partial charge in [0.2, 0.25) is 0 Å². The molecule has 1 atom stereocenters. The van der Waals surface area contributed by atoms with Crippen LogP contribution in [0.15, 0.2) is 24.3 Å². The van der Waals surface area contributed by atoms with Crippen LogP contribution < -0.4 is 5.73 Å². The zero-order chi connectivity index (χ0) is 12.4. The van der Waals surface area contributed by atoms with Crippen molar-refractivity contribution >= 4 is 23.2 Å². The number of H-pyrrole nitrogens is 1. The van der Waals surface area contributed by atoms with Crippen molar-refractivity contribution in [3.8, 4) is 0 Å². The van der Waals surface area contributed by atoms with E-state index in [0.717, 1.165) is 10.9 Å². The molecule has 2 rings (SSSR count). The lowest BCUT2D eigenvalue weighted by Crippen LogP contribution is -2.32. The molecule has 0 saturated heterocycles. The van der Waals surface area contributed by atoms with Crippen molar-refractivity contribution in [3.05, 3.63) is 35.5 Å². The minimum atomic E-state index is -1.08. The standard InChI is InChI=1S/C12H12N2O3/c13-9(12(16)17)5-8-7-3-1-2-4-10(7)14-11(8)6-15/h1-4,6,9,14H,5,13H2,(H,16,17). The summed E-state index contributed by atoms with van der Waals surface area (Å²) in [4.78, 5) is 24.6. The first-order chi connectivity index (χ1) is 8.13. The van der Waals surface area contributed by atoms with Crippen LogP contribution >= 0.6 is 0 Å². The molecule has 0 fully saturated rings. The highest BCUT2D eigenvalue weighted by atomic mass is 16.4. The number of carboxylic acids is 1. The summed E-state index contributed by atoms with van der Waals surface area (Å²) in [6.07, 6.45) is 0.817. The van der Waals surface area contributed by atoms with Gasteiger partial charge in [-0.2, -0.15) is 0 Å². The normalized spacial score (nSPS) is 12.5. The van der Waals surface area contributed by atoms with Gasteiger partial charge in [-0.1, -0.05) is 18.2 Å². The van der Waals surface area contributed by atoms with Gasteiger partial charge in [-0.3, -0.25) is 9.59 Å². The van der Waals surface area contributed by atoms with Crippen LogP contribution in [0.1, 0.15) is 16.1 Å². The van der Waals surface area contributed by atoms with Crippen molar-refractivity contribution in [2.45, 2.75) is 12.5 Å². The Morgan fingerprint density at radius 2 is 2.18 bits per heavy atom. The number of hydrogen-bond acceptors (Lipinski definition) is 3. The van der Waals surface area contributed by atoms with Gasteiger partial charge in [0.1, 0.15) is 6.04 Å². The molecule has 88 valence electrons. The topological polar surface area (TPSA) is 96.2 Å². The Hall–Kier alpha value is -2.14. The molecule has 5 heteroatoms. The molecular formula is C12H12N2O3. The molecule has 0 amide bonds. The highest BCUT2D eigenvalue weighted by Crippen LogP contribution is 2.22. The second-order valence-corrected chi connectivity index (χ2v) is 3.83. The lowest BCUT2D eigenvalue weighted by atomic mass is 10.0. The van der Waals surface area contributed by atoms with E-state index in [0.29, 0.717) is 17.5 Å². The number of carbonyl (C=O) groups excluding carboxylic acids is 1. The molecule has 4 N–H and O–H groups in total. The highest BCUT2D eigenvalue weighted by molar-refractivity contribution is 5.92. The fourth-order valence-electron chi connectivity index (χ4n) is 1.85. The van der Waals surface area contributed by atoms with Gasteiger partial charge in [-0.05, 0) is 11.6 Å². The van der Waals surface area contributed by atoms with Crippen LogP contribution in [0.4, 0.5) is 0 Å². The molecule has 2 aromatic rings. The number of aldehydes is 1. The molecule has 0 radical (unpaired) electrons. The molecule has 17 heavy (non-hydrogen) atoms. The number of rotatable bonds is 4. The molecule has 0 aliphatic rings. The van der Waals surface area contributed by atoms with Crippen LogP contribution in [-0.4, -0.2) is 28.4 Å². The molecule has 0 aliphatic heterocycles. The molecule has 1 heterocycles. The Labute approximate surface area is 97.2 Å². The van der Waals surface area contributed by atoms with Gasteiger partial charge < -0.3 is 15.8 Å². The molecule has 0 aliphatic carbocycles. The number of nitrogens with one attached hydrogen (secondary N) is 1. The second kappa shape index (κ2) is 4.39. The molecule has 5 nitrogen and oxygen atoms in total. The monoisotopic (exact) mass is 232 g/mol. The smallest absolute Gasteiger partial charge is 0.320 e. The summed E-state index contributed by atoms with van der Waals surface area (Å²) in [5.41, 5.74) is 7.35. The number of aliphatic carboxylic acids is 1. The number of carboxylic acid groups (broad SMARTS) is 1. The van der Waals surface area contributed by atoms with Crippen LogP contribution in [-0.2, 0) is 11.2 Å². The van der Waals surface area contributed by atoms with Gasteiger partial charge in [0.25, 0.3) is 0 Å². The Bertz CT molecular complexity index is 574. The van der Waals surface area contributed by atoms with E-state index < -0.39 is 12.0 Å². The Kier molecular flexibility index (Phi) is 2.93. The van der Waals surface area contributed by atoms with Crippen molar-refractivity contribution in [1.82, 2.24) is 4.98 Å². The highest BCUT2D eigenvalue weighted by Gasteiger charge is 2.18. The Morgan fingerprint density at radius 1 is 1.47 bits per heavy atom. The van der Waals surface area contributed by atoms with Crippen LogP contribution in [0.2, 0.25) is 0 Å². The molecule has 0 bridgehead atoms. The van der Waals surface area contributed by atoms with E-state index in [2.05, 4.69) is 4.98 Å². The summed E-state index contributed by atoms with van der Waals surface area (Å²) >= 11 is 0. The van der Waals surface area contributed by atoms with Crippen molar-refractivity contribution in [2.24, 2.45) is 5.73 Å². The SMILES string of the molecule is NC(Cc1c(C=O)[nH]c2ccccc12)C(=O)O. The molecule has 1 aromatic heterocycles. The largest absolute Gasteiger partial charge is 0.480 e. The lowest BCUT2D eigenvalue weighted by Gasteiger charge is -2.05. The van der Waals surface area contributed by atoms with Crippen LogP contribution in [0.3, 0.4) is 0 Å². The van der Waals surface area contributed by atoms with Gasteiger partial charge >= 0.3 is 5.97 Å². The Morgan fingerprint density at radius 3 is 2.82 bits per heavy atom. The molecule has 0 saturated carbocycles. The maximum absolute atomic E-state index is 10.9. The number of hydrogen-bond donors (Lipinski definition) is 3. The minimum Gasteiger partial charge on any atom is -0.480 e. The van der Waals surface area contributed by atoms with E-state index in [4.69, 9.17) is 10.8 Å². The average molecular weight is 232 g/mol. The molecule has 1 unspecified atom stereocenters. The predicted octanol–water partition coefficient (Wildman–Crippen LogP) is 0.935. The third-order valence-electron chi connectivity index (χ3n) is 2.71. The van der Waals surface area contributed by atoms with Gasteiger partial charge in [-0.25, -0.2) is 0 Å². The second-order valence-electron chi connectivity index (χ2n) is 3.83. The van der Waals surface area contributed by atoms with Gasteiger partial charge in [0.05, 0.1) is 5.69 Å². The summed E-state index contributed by atoms with van der Waals surface area (Å²) in [6, 6.07) is 6.34. The van der Waals surface area contributed by atoms with Crippen molar-refractivity contribution in [3.63, 3.8) is 0 Å². The molecular weight excluding hydrogens is 220 g/mol. The van der Waals surface area contributed by atoms with E-state index in [1.54, 1.807) is 0 Å². The summed E-state index contributed by atoms with van der Waals surface area (Å²) in [6.45, 7) is 0. The van der Waals surface area contributed by atoms with Gasteiger partial charge in [0, 0.05) is 17.3 Å². The first-order valence-electron chi connectivity index (χ1n) is 5.16. The van der Waals surface area contributed by atoms with E-state index in [1.165, 1.54) is 0 Å². The average Bonchev–Trinajstić information content (AvgIpc) is 2.67. The quantitative estimate of drug-likeness (QED) is 0.683. The number of aromatic amines is 1. The van der Waals surface area contributed by atoms with E-state index in [1.807, 2.05) is 24.3 Å². The number of benzene rings is 1. The number of fused-ring (bicyclic) bond motifs is 1. The number of carbonyl (C=O) groups is 2. The molecule has 0 spiro atoms. The zero-order valence-corrected chi connectivity index (χ0v) is 9.01. The number of nitrogens with two attached hydrogens (primary N) is 1. The van der Waals surface area contributed by atoms with E-state index >= 15 is 0 Å². The first kappa shape index (κ1) is 11.3. The zero-order valence-electron chi connectivity index (χ0n) is 9.01. The van der Waals surface area contributed by atoms with Crippen LogP contribution in [0, 0.1) is 0 Å². The maximum Gasteiger partial charge on any atom is 0.320 e. The summed E-state index contributed by atoms with van der Waals surface area (Å²) < 4.78 is 0. The van der Waals surface area contributed by atoms with Crippen LogP contribution in [0.25, 0.3) is 10.9 Å². The van der Waals surface area contributed by atoms with Crippen molar-refractivity contribution in [2.75, 3.05) is 0 Å². The van der Waals surface area contributed by atoms with Gasteiger partial charge in [-0.15, -0.1) is 0 Å². The van der Waals surface area contributed by atoms with E-state index in [-0.39, 0.29) is 6.42 Å². The minimum absolute atomic E-state index is 0.132. The summed E-state index contributed by atoms with van der Waals surface area (Å²) in [5.74, 6) is -1.08. The summed E-state index contributed by atoms with van der Waals surface area (Å²) in [5, 5.41) is 9.63. The lowest BCUT2D eigenvalue weighted by molar-refractivity contribution is -0.138.